The number of benzene rings is 2. The number of hydrogen-bond acceptors (Lipinski definition) is 2. The third-order valence-electron chi connectivity index (χ3n) is 3.91. The molecule has 104 valence electrons. The van der Waals surface area contributed by atoms with Crippen molar-refractivity contribution in [2.75, 3.05) is 13.2 Å². The molecule has 1 saturated heterocycles. The van der Waals surface area contributed by atoms with Gasteiger partial charge in [0, 0.05) is 5.41 Å². The fourth-order valence-electron chi connectivity index (χ4n) is 2.34. The van der Waals surface area contributed by atoms with Crippen LogP contribution in [0, 0.1) is 0 Å². The second-order valence-electron chi connectivity index (χ2n) is 5.78. The van der Waals surface area contributed by atoms with Crippen LogP contribution in [-0.4, -0.2) is 19.3 Å². The van der Waals surface area contributed by atoms with Gasteiger partial charge in [0.1, 0.15) is 18.5 Å². The monoisotopic (exact) mass is 268 g/mol. The predicted octanol–water partition coefficient (Wildman–Crippen LogP) is 3.79. The second kappa shape index (κ2) is 5.29. The molecule has 1 aliphatic heterocycles. The molecule has 0 saturated carbocycles. The lowest BCUT2D eigenvalue weighted by atomic mass is 9.78. The Morgan fingerprint density at radius 1 is 1.00 bits per heavy atom. The third-order valence-corrected chi connectivity index (χ3v) is 3.91. The van der Waals surface area contributed by atoms with E-state index in [1.165, 1.54) is 11.1 Å². The first-order valence-electron chi connectivity index (χ1n) is 7.07. The summed E-state index contributed by atoms with van der Waals surface area (Å²) in [5.41, 5.74) is 2.61. The largest absolute Gasteiger partial charge is 0.491 e. The van der Waals surface area contributed by atoms with Gasteiger partial charge in [-0.15, -0.1) is 0 Å². The van der Waals surface area contributed by atoms with Crippen LogP contribution >= 0.6 is 0 Å². The van der Waals surface area contributed by atoms with Gasteiger partial charge in [-0.3, -0.25) is 0 Å². The maximum Gasteiger partial charge on any atom is 0.119 e. The molecule has 20 heavy (non-hydrogen) atoms. The first-order chi connectivity index (χ1) is 9.66. The van der Waals surface area contributed by atoms with Crippen LogP contribution in [0.15, 0.2) is 54.6 Å². The zero-order chi connectivity index (χ0) is 14.0. The predicted molar refractivity (Wildman–Crippen MR) is 80.2 cm³/mol. The highest BCUT2D eigenvalue weighted by atomic mass is 16.6. The van der Waals surface area contributed by atoms with Gasteiger partial charge in [0.25, 0.3) is 0 Å². The fraction of sp³-hybridized carbons (Fsp3) is 0.333. The average Bonchev–Trinajstić information content (AvgIpc) is 3.31. The van der Waals surface area contributed by atoms with Crippen molar-refractivity contribution in [2.45, 2.75) is 25.4 Å². The molecule has 1 atom stereocenters. The van der Waals surface area contributed by atoms with Crippen LogP contribution in [0.4, 0.5) is 0 Å². The van der Waals surface area contributed by atoms with E-state index in [4.69, 9.17) is 9.47 Å². The van der Waals surface area contributed by atoms with Gasteiger partial charge < -0.3 is 9.47 Å². The Bertz CT molecular complexity index is 554. The van der Waals surface area contributed by atoms with Gasteiger partial charge in [-0.1, -0.05) is 56.3 Å². The van der Waals surface area contributed by atoms with Crippen molar-refractivity contribution in [1.29, 1.82) is 0 Å². The molecular formula is C18H20O2. The summed E-state index contributed by atoms with van der Waals surface area (Å²) in [4.78, 5) is 0. The molecule has 0 radical (unpaired) electrons. The topological polar surface area (TPSA) is 21.8 Å². The van der Waals surface area contributed by atoms with Crippen molar-refractivity contribution < 1.29 is 9.47 Å². The van der Waals surface area contributed by atoms with E-state index in [-0.39, 0.29) is 5.41 Å². The number of hydrogen-bond donors (Lipinski definition) is 0. The van der Waals surface area contributed by atoms with Gasteiger partial charge in [-0.2, -0.15) is 0 Å². The molecule has 0 bridgehead atoms. The van der Waals surface area contributed by atoms with E-state index >= 15 is 0 Å². The number of epoxide rings is 1. The van der Waals surface area contributed by atoms with E-state index in [1.807, 2.05) is 12.1 Å². The Kier molecular flexibility index (Phi) is 3.49. The fourth-order valence-corrected chi connectivity index (χ4v) is 2.34. The van der Waals surface area contributed by atoms with E-state index in [0.717, 1.165) is 12.4 Å². The minimum Gasteiger partial charge on any atom is -0.491 e. The van der Waals surface area contributed by atoms with Crippen molar-refractivity contribution in [3.63, 3.8) is 0 Å². The zero-order valence-electron chi connectivity index (χ0n) is 12.0. The van der Waals surface area contributed by atoms with E-state index in [1.54, 1.807) is 0 Å². The maximum absolute atomic E-state index is 5.68. The molecule has 2 heteroatoms. The zero-order valence-corrected chi connectivity index (χ0v) is 12.0. The minimum atomic E-state index is -0.000602. The third kappa shape index (κ3) is 2.86. The smallest absolute Gasteiger partial charge is 0.119 e. The molecule has 1 heterocycles. The summed E-state index contributed by atoms with van der Waals surface area (Å²) in [6, 6.07) is 19.0. The summed E-state index contributed by atoms with van der Waals surface area (Å²) < 4.78 is 10.8. The van der Waals surface area contributed by atoms with Gasteiger partial charge in [0.05, 0.1) is 6.61 Å². The molecule has 2 aromatic rings. The van der Waals surface area contributed by atoms with E-state index in [9.17, 15) is 0 Å². The van der Waals surface area contributed by atoms with Gasteiger partial charge >= 0.3 is 0 Å². The quantitative estimate of drug-likeness (QED) is 0.770. The molecule has 2 aromatic carbocycles. The van der Waals surface area contributed by atoms with Crippen molar-refractivity contribution in [1.82, 2.24) is 0 Å². The van der Waals surface area contributed by atoms with Crippen LogP contribution in [-0.2, 0) is 10.2 Å². The van der Waals surface area contributed by atoms with Crippen LogP contribution in [0.25, 0.3) is 0 Å². The van der Waals surface area contributed by atoms with Crippen molar-refractivity contribution in [3.8, 4) is 5.75 Å². The summed E-state index contributed by atoms with van der Waals surface area (Å²) in [7, 11) is 0. The molecule has 0 N–H and O–H groups in total. The second-order valence-corrected chi connectivity index (χ2v) is 5.78. The van der Waals surface area contributed by atoms with Crippen LogP contribution < -0.4 is 4.74 Å². The summed E-state index contributed by atoms with van der Waals surface area (Å²) in [5.74, 6) is 0.910. The molecule has 1 fully saturated rings. The maximum atomic E-state index is 5.68. The van der Waals surface area contributed by atoms with Crippen LogP contribution in [0.5, 0.6) is 5.75 Å². The number of rotatable bonds is 5. The highest BCUT2D eigenvalue weighted by molar-refractivity contribution is 5.39. The van der Waals surface area contributed by atoms with Crippen LogP contribution in [0.1, 0.15) is 25.0 Å². The average molecular weight is 268 g/mol. The number of ether oxygens (including phenoxy) is 2. The highest BCUT2D eigenvalue weighted by Gasteiger charge is 2.24. The molecule has 2 nitrogen and oxygen atoms in total. The Labute approximate surface area is 120 Å². The van der Waals surface area contributed by atoms with Crippen LogP contribution in [0.2, 0.25) is 0 Å². The standard InChI is InChI=1S/C18H20O2/c1-18(2,14-6-4-3-5-7-14)15-8-10-16(11-9-15)19-12-17-13-20-17/h3-11,17H,12-13H2,1-2H3/t17-/m0/s1. The van der Waals surface area contributed by atoms with E-state index in [0.29, 0.717) is 12.7 Å². The molecule has 1 aliphatic rings. The molecule has 0 amide bonds. The highest BCUT2D eigenvalue weighted by Crippen LogP contribution is 2.32. The lowest BCUT2D eigenvalue weighted by Gasteiger charge is -2.26. The molecule has 3 rings (SSSR count). The van der Waals surface area contributed by atoms with Gasteiger partial charge in [-0.05, 0) is 23.3 Å². The lowest BCUT2D eigenvalue weighted by Crippen LogP contribution is -2.18. The molecule has 0 aliphatic carbocycles. The Morgan fingerprint density at radius 3 is 2.20 bits per heavy atom. The molecule has 0 unspecified atom stereocenters. The summed E-state index contributed by atoms with van der Waals surface area (Å²) >= 11 is 0. The normalized spacial score (nSPS) is 17.8. The Morgan fingerprint density at radius 2 is 1.60 bits per heavy atom. The van der Waals surface area contributed by atoms with Gasteiger partial charge in [0.2, 0.25) is 0 Å². The Hall–Kier alpha value is -1.80. The minimum absolute atomic E-state index is 0.000602. The SMILES string of the molecule is CC(C)(c1ccccc1)c1ccc(OC[C@H]2CO2)cc1. The van der Waals surface area contributed by atoms with Gasteiger partial charge in [0.15, 0.2) is 0 Å². The first-order valence-corrected chi connectivity index (χ1v) is 7.07. The summed E-state index contributed by atoms with van der Waals surface area (Å²) in [6.45, 7) is 5.98. The summed E-state index contributed by atoms with van der Waals surface area (Å²) in [5, 5.41) is 0. The van der Waals surface area contributed by atoms with Gasteiger partial charge in [-0.25, -0.2) is 0 Å². The summed E-state index contributed by atoms with van der Waals surface area (Å²) in [6.07, 6.45) is 0.301. The van der Waals surface area contributed by atoms with Crippen molar-refractivity contribution >= 4 is 0 Å². The van der Waals surface area contributed by atoms with Crippen LogP contribution in [0.3, 0.4) is 0 Å². The van der Waals surface area contributed by atoms with Crippen molar-refractivity contribution in [3.05, 3.63) is 65.7 Å². The van der Waals surface area contributed by atoms with Crippen molar-refractivity contribution in [2.24, 2.45) is 0 Å². The molecular weight excluding hydrogens is 248 g/mol. The van der Waals surface area contributed by atoms with E-state index < -0.39 is 0 Å². The lowest BCUT2D eigenvalue weighted by molar-refractivity contribution is 0.263. The van der Waals surface area contributed by atoms with E-state index in [2.05, 4.69) is 56.3 Å². The molecule has 0 spiro atoms. The Balaban J connectivity index is 1.75. The molecule has 0 aromatic heterocycles. The first kappa shape index (κ1) is 13.2.